The summed E-state index contributed by atoms with van der Waals surface area (Å²) in [5, 5.41) is 3.02. The summed E-state index contributed by atoms with van der Waals surface area (Å²) >= 11 is 0. The first-order chi connectivity index (χ1) is 33.9. The maximum atomic E-state index is 13.5. The third-order valence-electron chi connectivity index (χ3n) is 12.4. The summed E-state index contributed by atoms with van der Waals surface area (Å²) in [6.07, 6.45) is 63.2. The summed E-state index contributed by atoms with van der Waals surface area (Å²) in [6.45, 7) is 6.93. The molecule has 406 valence electrons. The Hall–Kier alpha value is -2.55. The van der Waals surface area contributed by atoms with Gasteiger partial charge in [0.25, 0.3) is 0 Å². The molecule has 0 aliphatic carbocycles. The van der Waals surface area contributed by atoms with Crippen molar-refractivity contribution in [3.05, 3.63) is 72.9 Å². The second-order valence-corrected chi connectivity index (χ2v) is 21.9. The number of phosphoric ester groups is 1. The van der Waals surface area contributed by atoms with Crippen LogP contribution in [0.15, 0.2) is 72.9 Å². The molecular formula is C60H110N2O7P+. The van der Waals surface area contributed by atoms with Crippen molar-refractivity contribution >= 4 is 19.7 Å². The maximum Gasteiger partial charge on any atom is 0.472 e. The maximum absolute atomic E-state index is 13.5. The van der Waals surface area contributed by atoms with Gasteiger partial charge in [-0.15, -0.1) is 0 Å². The lowest BCUT2D eigenvalue weighted by molar-refractivity contribution is -0.870. The van der Waals surface area contributed by atoms with Gasteiger partial charge in [-0.25, -0.2) is 4.57 Å². The number of unbranched alkanes of at least 4 members (excludes halogenated alkanes) is 25. The summed E-state index contributed by atoms with van der Waals surface area (Å²) in [6, 6.07) is -0.872. The summed E-state index contributed by atoms with van der Waals surface area (Å²) in [7, 11) is 1.46. The van der Waals surface area contributed by atoms with Crippen LogP contribution in [0.1, 0.15) is 245 Å². The average Bonchev–Trinajstić information content (AvgIpc) is 3.32. The van der Waals surface area contributed by atoms with Crippen molar-refractivity contribution in [2.24, 2.45) is 0 Å². The van der Waals surface area contributed by atoms with Crippen molar-refractivity contribution in [3.8, 4) is 0 Å². The molecule has 3 atom stereocenters. The molecule has 0 saturated heterocycles. The van der Waals surface area contributed by atoms with E-state index in [4.69, 9.17) is 13.8 Å². The summed E-state index contributed by atoms with van der Waals surface area (Å²) in [4.78, 5) is 37.5. The predicted octanol–water partition coefficient (Wildman–Crippen LogP) is 17.3. The van der Waals surface area contributed by atoms with E-state index < -0.39 is 20.0 Å². The number of hydrogen-bond acceptors (Lipinski definition) is 6. The van der Waals surface area contributed by atoms with Crippen LogP contribution in [0.3, 0.4) is 0 Å². The van der Waals surface area contributed by atoms with Crippen LogP contribution >= 0.6 is 7.82 Å². The lowest BCUT2D eigenvalue weighted by Crippen LogP contribution is -2.47. The molecule has 2 N–H and O–H groups in total. The molecule has 0 saturated carbocycles. The molecule has 0 rings (SSSR count). The van der Waals surface area contributed by atoms with E-state index in [1.54, 1.807) is 0 Å². The quantitative estimate of drug-likeness (QED) is 0.0205. The van der Waals surface area contributed by atoms with Crippen molar-refractivity contribution in [2.45, 2.75) is 258 Å². The van der Waals surface area contributed by atoms with E-state index in [2.05, 4.69) is 86.8 Å². The molecule has 9 nitrogen and oxygen atoms in total. The van der Waals surface area contributed by atoms with Gasteiger partial charge >= 0.3 is 13.8 Å². The van der Waals surface area contributed by atoms with Crippen molar-refractivity contribution in [2.75, 3.05) is 40.9 Å². The molecule has 0 heterocycles. The normalized spacial score (nSPS) is 14.3. The Balaban J connectivity index is 5.42. The SMILES string of the molecule is CCCCC/C=C\C/C=C\C/C=C\C/C=C\CCCCCC(=O)NC(COP(=O)(O)OCC[N+](C)(C)C)C(/C=C\CCCCCCCCCCCC)OC(=O)CCCCC/C=C\CCCCCCCC. The zero-order valence-electron chi connectivity index (χ0n) is 46.2. The molecule has 0 spiro atoms. The van der Waals surface area contributed by atoms with Crippen molar-refractivity contribution in [3.63, 3.8) is 0 Å². The van der Waals surface area contributed by atoms with Crippen LogP contribution in [0.5, 0.6) is 0 Å². The topological polar surface area (TPSA) is 111 Å². The van der Waals surface area contributed by atoms with Gasteiger partial charge in [0.15, 0.2) is 0 Å². The second-order valence-electron chi connectivity index (χ2n) is 20.5. The lowest BCUT2D eigenvalue weighted by atomic mass is 10.1. The summed E-state index contributed by atoms with van der Waals surface area (Å²) in [5.41, 5.74) is 0. The van der Waals surface area contributed by atoms with Gasteiger partial charge in [-0.2, -0.15) is 0 Å². The van der Waals surface area contributed by atoms with E-state index >= 15 is 0 Å². The van der Waals surface area contributed by atoms with Crippen molar-refractivity contribution < 1.29 is 37.3 Å². The van der Waals surface area contributed by atoms with Gasteiger partial charge in [-0.05, 0) is 102 Å². The van der Waals surface area contributed by atoms with Crippen molar-refractivity contribution in [1.82, 2.24) is 5.32 Å². The third kappa shape index (κ3) is 50.4. The van der Waals surface area contributed by atoms with Crippen LogP contribution in [0.2, 0.25) is 0 Å². The Kier molecular flexibility index (Phi) is 48.2. The molecule has 0 aromatic heterocycles. The number of carbonyl (C=O) groups is 2. The Morgan fingerprint density at radius 1 is 0.500 bits per heavy atom. The van der Waals surface area contributed by atoms with Gasteiger partial charge in [0.2, 0.25) is 5.91 Å². The monoisotopic (exact) mass is 1000 g/mol. The average molecular weight is 1000 g/mol. The largest absolute Gasteiger partial charge is 0.472 e. The van der Waals surface area contributed by atoms with E-state index in [1.807, 2.05) is 33.3 Å². The molecule has 10 heteroatoms. The zero-order chi connectivity index (χ0) is 51.5. The van der Waals surface area contributed by atoms with Gasteiger partial charge in [0, 0.05) is 12.8 Å². The Morgan fingerprint density at radius 3 is 1.34 bits per heavy atom. The van der Waals surface area contributed by atoms with Crippen LogP contribution in [0, 0.1) is 0 Å². The molecule has 0 aliphatic heterocycles. The van der Waals surface area contributed by atoms with Crippen LogP contribution < -0.4 is 5.32 Å². The number of likely N-dealkylation sites (N-methyl/N-ethyl adjacent to an activating group) is 1. The number of ether oxygens (including phenoxy) is 1. The minimum Gasteiger partial charge on any atom is -0.456 e. The smallest absolute Gasteiger partial charge is 0.456 e. The minimum atomic E-state index is -4.46. The number of nitrogens with zero attached hydrogens (tertiary/aromatic N) is 1. The van der Waals surface area contributed by atoms with Crippen LogP contribution in [-0.4, -0.2) is 74.3 Å². The highest BCUT2D eigenvalue weighted by Crippen LogP contribution is 2.43. The van der Waals surface area contributed by atoms with E-state index in [1.165, 1.54) is 116 Å². The molecule has 0 radical (unpaired) electrons. The number of hydrogen-bond donors (Lipinski definition) is 2. The first-order valence-corrected chi connectivity index (χ1v) is 30.3. The number of quaternary nitrogens is 1. The lowest BCUT2D eigenvalue weighted by Gasteiger charge is -2.27. The number of amides is 1. The molecule has 0 aromatic rings. The molecule has 70 heavy (non-hydrogen) atoms. The first-order valence-electron chi connectivity index (χ1n) is 28.8. The zero-order valence-corrected chi connectivity index (χ0v) is 47.1. The van der Waals surface area contributed by atoms with Gasteiger partial charge in [-0.1, -0.05) is 203 Å². The highest BCUT2D eigenvalue weighted by molar-refractivity contribution is 7.47. The molecule has 1 amide bonds. The standard InChI is InChI=1S/C60H109N2O7P/c1-7-10-13-16-19-22-25-28-29-30-31-32-33-35-37-40-43-46-49-52-59(63)61-57(56-68-70(65,66)67-55-54-62(4,5)6)58(51-48-45-42-39-36-27-24-21-18-15-12-9-3)69-60(64)53-50-47-44-41-38-34-26-23-20-17-14-11-8-2/h19,22,28-29,31-32,34-35,37-38,48,51,57-58H,7-18,20-21,23-27,30,33,36,39-47,49-50,52-56H2,1-6H3,(H-,61,63,65,66)/p+1/b22-19-,29-28-,32-31-,37-35-,38-34-,51-48-. The Bertz CT molecular complexity index is 1430. The fourth-order valence-corrected chi connectivity index (χ4v) is 8.59. The van der Waals surface area contributed by atoms with Gasteiger partial charge < -0.3 is 19.4 Å². The fraction of sp³-hybridized carbons (Fsp3) is 0.767. The Morgan fingerprint density at radius 2 is 0.871 bits per heavy atom. The number of allylic oxidation sites excluding steroid dienone is 11. The molecule has 0 fully saturated rings. The number of esters is 1. The third-order valence-corrected chi connectivity index (χ3v) is 13.4. The fourth-order valence-electron chi connectivity index (χ4n) is 7.86. The number of phosphoric acid groups is 1. The molecular weight excluding hydrogens is 892 g/mol. The van der Waals surface area contributed by atoms with E-state index in [0.29, 0.717) is 23.9 Å². The van der Waals surface area contributed by atoms with Gasteiger partial charge in [0.1, 0.15) is 19.3 Å². The van der Waals surface area contributed by atoms with E-state index in [-0.39, 0.29) is 37.9 Å². The Labute approximate surface area is 432 Å². The number of rotatable bonds is 51. The molecule has 0 aromatic carbocycles. The molecule has 3 unspecified atom stereocenters. The molecule has 0 aliphatic rings. The number of carbonyl (C=O) groups excluding carboxylic acids is 2. The highest BCUT2D eigenvalue weighted by Gasteiger charge is 2.30. The van der Waals surface area contributed by atoms with Crippen LogP contribution in [0.25, 0.3) is 0 Å². The van der Waals surface area contributed by atoms with Gasteiger partial charge in [0.05, 0.1) is 33.8 Å². The predicted molar refractivity (Wildman–Crippen MR) is 300 cm³/mol. The molecule has 0 bridgehead atoms. The van der Waals surface area contributed by atoms with Crippen molar-refractivity contribution in [1.29, 1.82) is 0 Å². The van der Waals surface area contributed by atoms with Crippen LogP contribution in [-0.2, 0) is 27.9 Å². The minimum absolute atomic E-state index is 0.0292. The highest BCUT2D eigenvalue weighted by atomic mass is 31.2. The summed E-state index contributed by atoms with van der Waals surface area (Å²) < 4.78 is 30.6. The van der Waals surface area contributed by atoms with Crippen LogP contribution in [0.4, 0.5) is 0 Å². The van der Waals surface area contributed by atoms with E-state index in [9.17, 15) is 19.0 Å². The summed E-state index contributed by atoms with van der Waals surface area (Å²) in [5.74, 6) is -0.562. The first kappa shape index (κ1) is 67.5. The van der Waals surface area contributed by atoms with E-state index in [0.717, 1.165) is 83.5 Å². The number of nitrogens with one attached hydrogen (secondary N) is 1. The second kappa shape index (κ2) is 50.0. The van der Waals surface area contributed by atoms with Gasteiger partial charge in [-0.3, -0.25) is 18.6 Å².